The van der Waals surface area contributed by atoms with E-state index in [0.29, 0.717) is 0 Å². The summed E-state index contributed by atoms with van der Waals surface area (Å²) in [7, 11) is 0. The van der Waals surface area contributed by atoms with Crippen LogP contribution in [-0.2, 0) is 0 Å². The molecule has 0 radical (unpaired) electrons. The summed E-state index contributed by atoms with van der Waals surface area (Å²) in [6, 6.07) is 17.0. The largest absolute Gasteiger partial charge is 0.493 e. The van der Waals surface area contributed by atoms with Gasteiger partial charge in [-0.3, -0.25) is 0 Å². The molecule has 26 heavy (non-hydrogen) atoms. The fourth-order valence-electron chi connectivity index (χ4n) is 3.38. The molecule has 0 spiro atoms. The normalized spacial score (nSPS) is 10.8. The Morgan fingerprint density at radius 1 is 0.692 bits per heavy atom. The van der Waals surface area contributed by atoms with Crippen LogP contribution in [-0.4, -0.2) is 6.61 Å². The average Bonchev–Trinajstić information content (AvgIpc) is 2.67. The van der Waals surface area contributed by atoms with Gasteiger partial charge in [0.05, 0.1) is 6.61 Å². The summed E-state index contributed by atoms with van der Waals surface area (Å²) in [6.07, 6.45) is 13.6. The summed E-state index contributed by atoms with van der Waals surface area (Å²) >= 11 is 0. The van der Waals surface area contributed by atoms with Gasteiger partial charge in [-0.1, -0.05) is 107 Å². The Hall–Kier alpha value is -1.76. The minimum absolute atomic E-state index is 0.819. The first kappa shape index (κ1) is 20.6. The summed E-state index contributed by atoms with van der Waals surface area (Å²) in [5, 5.41) is 0. The molecule has 0 N–H and O–H groups in total. The lowest BCUT2D eigenvalue weighted by molar-refractivity contribution is 0.305. The van der Waals surface area contributed by atoms with Gasteiger partial charge in [-0.15, -0.1) is 0 Å². The zero-order chi connectivity index (χ0) is 18.5. The average molecular weight is 353 g/mol. The second-order valence-electron chi connectivity index (χ2n) is 7.40. The van der Waals surface area contributed by atoms with E-state index >= 15 is 0 Å². The van der Waals surface area contributed by atoms with E-state index in [0.717, 1.165) is 18.8 Å². The Labute approximate surface area is 160 Å². The number of benzene rings is 2. The van der Waals surface area contributed by atoms with Gasteiger partial charge in [0.1, 0.15) is 5.75 Å². The van der Waals surface area contributed by atoms with Crippen molar-refractivity contribution in [1.82, 2.24) is 0 Å². The molecule has 0 aromatic heterocycles. The fourth-order valence-corrected chi connectivity index (χ4v) is 3.38. The Balaban J connectivity index is 1.66. The van der Waals surface area contributed by atoms with E-state index in [4.69, 9.17) is 4.74 Å². The van der Waals surface area contributed by atoms with Gasteiger partial charge >= 0.3 is 0 Å². The fraction of sp³-hybridized carbons (Fsp3) is 0.520. The third-order valence-corrected chi connectivity index (χ3v) is 4.98. The maximum atomic E-state index is 6.12. The summed E-state index contributed by atoms with van der Waals surface area (Å²) < 4.78 is 6.12. The second-order valence-corrected chi connectivity index (χ2v) is 7.40. The van der Waals surface area contributed by atoms with Crippen molar-refractivity contribution < 1.29 is 4.74 Å². The summed E-state index contributed by atoms with van der Waals surface area (Å²) in [6.45, 7) is 5.24. The molecule has 2 aromatic carbocycles. The predicted octanol–water partition coefficient (Wildman–Crippen LogP) is 7.96. The molecule has 1 heteroatoms. The molecule has 0 aliphatic rings. The molecule has 0 bridgehead atoms. The van der Waals surface area contributed by atoms with Gasteiger partial charge in [-0.05, 0) is 31.0 Å². The van der Waals surface area contributed by atoms with E-state index in [9.17, 15) is 0 Å². The Morgan fingerprint density at radius 3 is 1.96 bits per heavy atom. The summed E-state index contributed by atoms with van der Waals surface area (Å²) in [4.78, 5) is 0. The molecule has 2 rings (SSSR count). The van der Waals surface area contributed by atoms with Crippen molar-refractivity contribution in [3.63, 3.8) is 0 Å². The van der Waals surface area contributed by atoms with E-state index in [1.807, 2.05) is 0 Å². The molecular formula is C25H36O. The number of aryl methyl sites for hydroxylation is 1. The third-order valence-electron chi connectivity index (χ3n) is 4.98. The van der Waals surface area contributed by atoms with Crippen molar-refractivity contribution >= 4 is 0 Å². The quantitative estimate of drug-likeness (QED) is 0.332. The van der Waals surface area contributed by atoms with Crippen LogP contribution in [0.15, 0.2) is 48.5 Å². The SMILES string of the molecule is CCCCCCCCCCCCOc1ccc(C)cc1-c1ccccc1. The van der Waals surface area contributed by atoms with Crippen LogP contribution in [0.2, 0.25) is 0 Å². The van der Waals surface area contributed by atoms with Gasteiger partial charge in [0, 0.05) is 5.56 Å². The van der Waals surface area contributed by atoms with E-state index in [1.165, 1.54) is 74.5 Å². The molecule has 142 valence electrons. The molecule has 0 saturated carbocycles. The topological polar surface area (TPSA) is 9.23 Å². The van der Waals surface area contributed by atoms with Gasteiger partial charge < -0.3 is 4.74 Å². The van der Waals surface area contributed by atoms with Crippen LogP contribution in [0, 0.1) is 6.92 Å². The van der Waals surface area contributed by atoms with Crippen molar-refractivity contribution in [2.45, 2.75) is 78.1 Å². The molecular weight excluding hydrogens is 316 g/mol. The van der Waals surface area contributed by atoms with Crippen molar-refractivity contribution in [3.8, 4) is 16.9 Å². The van der Waals surface area contributed by atoms with Crippen molar-refractivity contribution in [3.05, 3.63) is 54.1 Å². The Bertz CT molecular complexity index is 603. The number of hydrogen-bond acceptors (Lipinski definition) is 1. The minimum Gasteiger partial charge on any atom is -0.493 e. The molecule has 0 aliphatic heterocycles. The first-order chi connectivity index (χ1) is 12.8. The Morgan fingerprint density at radius 2 is 1.31 bits per heavy atom. The highest BCUT2D eigenvalue weighted by Crippen LogP contribution is 2.31. The highest BCUT2D eigenvalue weighted by atomic mass is 16.5. The van der Waals surface area contributed by atoms with E-state index < -0.39 is 0 Å². The zero-order valence-electron chi connectivity index (χ0n) is 16.8. The van der Waals surface area contributed by atoms with E-state index in [2.05, 4.69) is 62.4 Å². The minimum atomic E-state index is 0.819. The van der Waals surface area contributed by atoms with Crippen LogP contribution in [0.25, 0.3) is 11.1 Å². The maximum Gasteiger partial charge on any atom is 0.127 e. The van der Waals surface area contributed by atoms with Gasteiger partial charge in [-0.2, -0.15) is 0 Å². The lowest BCUT2D eigenvalue weighted by Crippen LogP contribution is -1.99. The first-order valence-corrected chi connectivity index (χ1v) is 10.6. The van der Waals surface area contributed by atoms with Crippen LogP contribution < -0.4 is 4.74 Å². The Kier molecular flexibility index (Phi) is 9.94. The number of rotatable bonds is 13. The monoisotopic (exact) mass is 352 g/mol. The maximum absolute atomic E-state index is 6.12. The first-order valence-electron chi connectivity index (χ1n) is 10.6. The molecule has 0 aliphatic carbocycles. The molecule has 0 saturated heterocycles. The smallest absolute Gasteiger partial charge is 0.127 e. The van der Waals surface area contributed by atoms with Crippen LogP contribution >= 0.6 is 0 Å². The van der Waals surface area contributed by atoms with Crippen molar-refractivity contribution in [2.24, 2.45) is 0 Å². The number of unbranched alkanes of at least 4 members (excludes halogenated alkanes) is 9. The molecule has 2 aromatic rings. The van der Waals surface area contributed by atoms with Crippen LogP contribution in [0.5, 0.6) is 5.75 Å². The molecule has 0 atom stereocenters. The van der Waals surface area contributed by atoms with E-state index in [-0.39, 0.29) is 0 Å². The van der Waals surface area contributed by atoms with Crippen LogP contribution in [0.3, 0.4) is 0 Å². The lowest BCUT2D eigenvalue weighted by Gasteiger charge is -2.13. The highest BCUT2D eigenvalue weighted by Gasteiger charge is 2.06. The van der Waals surface area contributed by atoms with Gasteiger partial charge in [-0.25, -0.2) is 0 Å². The third kappa shape index (κ3) is 7.64. The van der Waals surface area contributed by atoms with Gasteiger partial charge in [0.2, 0.25) is 0 Å². The molecule has 0 heterocycles. The lowest BCUT2D eigenvalue weighted by atomic mass is 10.0. The summed E-state index contributed by atoms with van der Waals surface area (Å²) in [5.74, 6) is 1.01. The van der Waals surface area contributed by atoms with Crippen molar-refractivity contribution in [2.75, 3.05) is 6.61 Å². The number of hydrogen-bond donors (Lipinski definition) is 0. The van der Waals surface area contributed by atoms with Gasteiger partial charge in [0.15, 0.2) is 0 Å². The summed E-state index contributed by atoms with van der Waals surface area (Å²) in [5.41, 5.74) is 3.71. The highest BCUT2D eigenvalue weighted by molar-refractivity contribution is 5.71. The standard InChI is InChI=1S/C25H36O/c1-3-4-5-6-7-8-9-10-11-15-20-26-25-19-18-22(2)21-24(25)23-16-13-12-14-17-23/h12-14,16-19,21H,3-11,15,20H2,1-2H3. The number of ether oxygens (including phenoxy) is 1. The molecule has 0 amide bonds. The van der Waals surface area contributed by atoms with Crippen LogP contribution in [0.1, 0.15) is 76.7 Å². The zero-order valence-corrected chi connectivity index (χ0v) is 16.8. The molecule has 0 fully saturated rings. The van der Waals surface area contributed by atoms with E-state index in [1.54, 1.807) is 0 Å². The molecule has 0 unspecified atom stereocenters. The second kappa shape index (κ2) is 12.6. The molecule has 1 nitrogen and oxygen atoms in total. The predicted molar refractivity (Wildman–Crippen MR) is 114 cm³/mol. The van der Waals surface area contributed by atoms with Crippen LogP contribution in [0.4, 0.5) is 0 Å². The van der Waals surface area contributed by atoms with Crippen molar-refractivity contribution in [1.29, 1.82) is 0 Å². The van der Waals surface area contributed by atoms with Gasteiger partial charge in [0.25, 0.3) is 0 Å².